The second-order valence-corrected chi connectivity index (χ2v) is 8.05. The van der Waals surface area contributed by atoms with Crippen LogP contribution in [0.1, 0.15) is 35.2 Å². The molecule has 166 valence electrons. The Labute approximate surface area is 187 Å². The number of hydrogen-bond acceptors (Lipinski definition) is 4. The molecule has 0 unspecified atom stereocenters. The lowest BCUT2D eigenvalue weighted by molar-refractivity contribution is 0.0563. The van der Waals surface area contributed by atoms with E-state index in [-0.39, 0.29) is 12.5 Å². The average Bonchev–Trinajstić information content (AvgIpc) is 2.76. The Morgan fingerprint density at radius 1 is 1.10 bits per heavy atom. The average molecular weight is 446 g/mol. The molecule has 7 nitrogen and oxygen atoms in total. The van der Waals surface area contributed by atoms with E-state index in [2.05, 4.69) is 24.3 Å². The number of halogens is 1. The van der Waals surface area contributed by atoms with E-state index in [9.17, 15) is 9.59 Å². The molecule has 2 aromatic rings. The maximum Gasteiger partial charge on any atom is 0.336 e. The summed E-state index contributed by atoms with van der Waals surface area (Å²) in [6.07, 6.45) is 3.56. The summed E-state index contributed by atoms with van der Waals surface area (Å²) in [5.74, 6) is 1.09. The van der Waals surface area contributed by atoms with Crippen molar-refractivity contribution in [2.45, 2.75) is 25.7 Å². The molecule has 3 rings (SSSR count). The predicted molar refractivity (Wildman–Crippen MR) is 119 cm³/mol. The first kappa shape index (κ1) is 22.9. The quantitative estimate of drug-likeness (QED) is 0.453. The van der Waals surface area contributed by atoms with Gasteiger partial charge in [-0.25, -0.2) is 10.3 Å². The van der Waals surface area contributed by atoms with Gasteiger partial charge in [-0.2, -0.15) is 0 Å². The van der Waals surface area contributed by atoms with Crippen molar-refractivity contribution in [1.82, 2.24) is 10.4 Å². The van der Waals surface area contributed by atoms with Crippen LogP contribution >= 0.6 is 11.6 Å². The highest BCUT2D eigenvalue weighted by atomic mass is 35.5. The van der Waals surface area contributed by atoms with Gasteiger partial charge >= 0.3 is 6.03 Å². The first-order valence-electron chi connectivity index (χ1n) is 10.4. The van der Waals surface area contributed by atoms with Gasteiger partial charge in [0.15, 0.2) is 0 Å². The molecule has 0 spiro atoms. The van der Waals surface area contributed by atoms with E-state index < -0.39 is 6.03 Å². The molecule has 31 heavy (non-hydrogen) atoms. The molecule has 1 fully saturated rings. The number of hydroxylamine groups is 1. The number of nitrogens with one attached hydrogen (secondary N) is 1. The number of urea groups is 1. The van der Waals surface area contributed by atoms with E-state index in [1.54, 1.807) is 18.2 Å². The molecule has 3 amide bonds. The van der Waals surface area contributed by atoms with Gasteiger partial charge in [0.1, 0.15) is 5.75 Å². The van der Waals surface area contributed by atoms with Gasteiger partial charge < -0.3 is 15.4 Å². The zero-order valence-corrected chi connectivity index (χ0v) is 18.1. The number of nitrogens with two attached hydrogens (primary N) is 1. The molecule has 3 N–H and O–H groups in total. The number of nitrogens with zero attached hydrogens (tertiary/aromatic N) is 1. The van der Waals surface area contributed by atoms with Crippen LogP contribution in [-0.2, 0) is 11.3 Å². The molecular weight excluding hydrogens is 418 g/mol. The Kier molecular flexibility index (Phi) is 8.55. The topological polar surface area (TPSA) is 93.9 Å². The normalized spacial score (nSPS) is 14.3. The Balaban J connectivity index is 1.48. The van der Waals surface area contributed by atoms with Crippen LogP contribution in [0.15, 0.2) is 48.5 Å². The van der Waals surface area contributed by atoms with E-state index >= 15 is 0 Å². The first-order valence-corrected chi connectivity index (χ1v) is 10.8. The van der Waals surface area contributed by atoms with Gasteiger partial charge in [0.2, 0.25) is 0 Å². The van der Waals surface area contributed by atoms with Crippen molar-refractivity contribution in [1.29, 1.82) is 0 Å². The van der Waals surface area contributed by atoms with Gasteiger partial charge in [0, 0.05) is 30.1 Å². The van der Waals surface area contributed by atoms with Crippen LogP contribution < -0.4 is 16.0 Å². The Bertz CT molecular complexity index is 870. The minimum Gasteiger partial charge on any atom is -0.493 e. The van der Waals surface area contributed by atoms with Crippen molar-refractivity contribution in [2.24, 2.45) is 11.7 Å². The Morgan fingerprint density at radius 2 is 1.84 bits per heavy atom. The van der Waals surface area contributed by atoms with Gasteiger partial charge in [0.05, 0.1) is 13.2 Å². The fourth-order valence-corrected chi connectivity index (χ4v) is 3.91. The van der Waals surface area contributed by atoms with E-state index in [1.165, 1.54) is 5.56 Å². The molecule has 0 atom stereocenters. The summed E-state index contributed by atoms with van der Waals surface area (Å²) in [4.78, 5) is 30.3. The lowest BCUT2D eigenvalue weighted by atomic mass is 9.90. The fourth-order valence-electron chi connectivity index (χ4n) is 3.68. The van der Waals surface area contributed by atoms with Crippen molar-refractivity contribution in [2.75, 3.05) is 26.3 Å². The van der Waals surface area contributed by atoms with Crippen molar-refractivity contribution in [3.63, 3.8) is 0 Å². The van der Waals surface area contributed by atoms with Gasteiger partial charge in [-0.3, -0.25) is 9.63 Å². The third-order valence-electron chi connectivity index (χ3n) is 5.22. The molecule has 1 aliphatic heterocycles. The van der Waals surface area contributed by atoms with Crippen LogP contribution in [0.4, 0.5) is 4.79 Å². The van der Waals surface area contributed by atoms with Crippen molar-refractivity contribution in [3.8, 4) is 5.75 Å². The summed E-state index contributed by atoms with van der Waals surface area (Å²) < 4.78 is 5.68. The third kappa shape index (κ3) is 7.45. The van der Waals surface area contributed by atoms with Gasteiger partial charge in [-0.05, 0) is 48.9 Å². The summed E-state index contributed by atoms with van der Waals surface area (Å²) in [7, 11) is 0. The fraction of sp³-hybridized carbons (Fsp3) is 0.391. The molecule has 0 aromatic heterocycles. The molecule has 1 saturated heterocycles. The number of carbonyl (C=O) groups is 2. The van der Waals surface area contributed by atoms with Crippen LogP contribution in [-0.4, -0.2) is 43.1 Å². The number of likely N-dealkylation sites (tertiary alicyclic amines) is 1. The number of ether oxygens (including phenoxy) is 1. The molecule has 2 aromatic carbocycles. The van der Waals surface area contributed by atoms with E-state index in [0.29, 0.717) is 35.3 Å². The van der Waals surface area contributed by atoms with Crippen LogP contribution in [0.3, 0.4) is 0 Å². The Hall–Kier alpha value is -2.77. The lowest BCUT2D eigenvalue weighted by Gasteiger charge is -2.32. The highest BCUT2D eigenvalue weighted by molar-refractivity contribution is 6.31. The number of amides is 3. The molecule has 1 heterocycles. The molecule has 0 bridgehead atoms. The molecule has 1 aliphatic rings. The monoisotopic (exact) mass is 445 g/mol. The third-order valence-corrected chi connectivity index (χ3v) is 5.44. The molecule has 0 radical (unpaired) electrons. The summed E-state index contributed by atoms with van der Waals surface area (Å²) in [5, 5.41) is 0.450. The van der Waals surface area contributed by atoms with Crippen molar-refractivity contribution in [3.05, 3.63) is 64.7 Å². The Morgan fingerprint density at radius 3 is 2.55 bits per heavy atom. The summed E-state index contributed by atoms with van der Waals surface area (Å²) in [6.45, 7) is 2.08. The minimum atomic E-state index is -0.747. The summed E-state index contributed by atoms with van der Waals surface area (Å²) in [6, 6.07) is 14.8. The predicted octanol–water partition coefficient (Wildman–Crippen LogP) is 3.80. The number of carbonyl (C=O) groups excluding carboxylic acids is 2. The summed E-state index contributed by atoms with van der Waals surface area (Å²) in [5.41, 5.74) is 8.82. The van der Waals surface area contributed by atoms with Crippen LogP contribution in [0.5, 0.6) is 5.75 Å². The number of rotatable bonds is 9. The van der Waals surface area contributed by atoms with Crippen molar-refractivity contribution >= 4 is 23.5 Å². The molecule has 0 aliphatic carbocycles. The zero-order valence-electron chi connectivity index (χ0n) is 17.4. The van der Waals surface area contributed by atoms with E-state index in [0.717, 1.165) is 32.4 Å². The lowest BCUT2D eigenvalue weighted by Crippen LogP contribution is -2.38. The van der Waals surface area contributed by atoms with Crippen LogP contribution in [0.25, 0.3) is 0 Å². The van der Waals surface area contributed by atoms with E-state index in [4.69, 9.17) is 26.9 Å². The summed E-state index contributed by atoms with van der Waals surface area (Å²) >= 11 is 6.21. The van der Waals surface area contributed by atoms with Crippen LogP contribution in [0.2, 0.25) is 5.02 Å². The first-order chi connectivity index (χ1) is 15.0. The zero-order chi connectivity index (χ0) is 22.1. The maximum absolute atomic E-state index is 13.0. The van der Waals surface area contributed by atoms with Gasteiger partial charge in [-0.15, -0.1) is 0 Å². The van der Waals surface area contributed by atoms with Gasteiger partial charge in [-0.1, -0.05) is 41.9 Å². The smallest absolute Gasteiger partial charge is 0.336 e. The standard InChI is InChI=1S/C23H28ClN3O4/c24-20-14-19(15-21(16-20)30-11-4-12-31-26-23(25)29)22(28)27-9-7-18(8-10-27)13-17-5-2-1-3-6-17/h1-3,5-6,14-16,18H,4,7-13H2,(H3,25,26,29). The van der Waals surface area contributed by atoms with Crippen LogP contribution in [0, 0.1) is 5.92 Å². The van der Waals surface area contributed by atoms with E-state index in [1.807, 2.05) is 16.4 Å². The number of benzene rings is 2. The maximum atomic E-state index is 13.0. The number of hydrogen-bond donors (Lipinski definition) is 2. The van der Waals surface area contributed by atoms with Crippen molar-refractivity contribution < 1.29 is 19.2 Å². The number of piperidine rings is 1. The van der Waals surface area contributed by atoms with Gasteiger partial charge in [0.25, 0.3) is 5.91 Å². The second-order valence-electron chi connectivity index (χ2n) is 7.62. The number of primary amides is 1. The minimum absolute atomic E-state index is 0.0282. The SMILES string of the molecule is NC(=O)NOCCCOc1cc(Cl)cc(C(=O)N2CCC(Cc3ccccc3)CC2)c1. The molecular formula is C23H28ClN3O4. The highest BCUT2D eigenvalue weighted by Crippen LogP contribution is 2.26. The highest BCUT2D eigenvalue weighted by Gasteiger charge is 2.24. The molecule has 0 saturated carbocycles. The second kappa shape index (κ2) is 11.6. The largest absolute Gasteiger partial charge is 0.493 e. The molecule has 8 heteroatoms.